The van der Waals surface area contributed by atoms with Crippen molar-refractivity contribution in [2.45, 2.75) is 40.0 Å². The monoisotopic (exact) mass is 247 g/mol. The molecule has 0 unspecified atom stereocenters. The van der Waals surface area contributed by atoms with Crippen LogP contribution >= 0.6 is 0 Å². The summed E-state index contributed by atoms with van der Waals surface area (Å²) in [4.78, 5) is 14.3. The van der Waals surface area contributed by atoms with E-state index in [1.807, 2.05) is 44.0 Å². The molecule has 0 aliphatic carbocycles. The van der Waals surface area contributed by atoms with Crippen LogP contribution in [0.2, 0.25) is 0 Å². The van der Waals surface area contributed by atoms with Crippen LogP contribution in [0, 0.1) is 5.41 Å². The molecule has 0 fully saturated rings. The van der Waals surface area contributed by atoms with Crippen molar-refractivity contribution < 1.29 is 4.79 Å². The standard InChI is InChI=1S/C16H25NO/c1-5-6-12-17(4)15(18)16(2,3)13-14-10-8-7-9-11-14/h7-11H,5-6,12-13H2,1-4H3. The molecule has 0 aromatic heterocycles. The Morgan fingerprint density at radius 2 is 1.83 bits per heavy atom. The molecule has 0 aliphatic rings. The molecular formula is C16H25NO. The maximum absolute atomic E-state index is 12.4. The molecule has 1 amide bonds. The lowest BCUT2D eigenvalue weighted by molar-refractivity contribution is -0.139. The average molecular weight is 247 g/mol. The minimum Gasteiger partial charge on any atom is -0.345 e. The summed E-state index contributed by atoms with van der Waals surface area (Å²) in [7, 11) is 1.91. The van der Waals surface area contributed by atoms with Gasteiger partial charge in [0.1, 0.15) is 0 Å². The van der Waals surface area contributed by atoms with Gasteiger partial charge in [-0.15, -0.1) is 0 Å². The fourth-order valence-electron chi connectivity index (χ4n) is 2.20. The van der Waals surface area contributed by atoms with Crippen LogP contribution < -0.4 is 0 Å². The first-order valence-electron chi connectivity index (χ1n) is 6.77. The molecule has 0 radical (unpaired) electrons. The number of nitrogens with zero attached hydrogens (tertiary/aromatic N) is 1. The number of unbranched alkanes of at least 4 members (excludes halogenated alkanes) is 1. The third-order valence-corrected chi connectivity index (χ3v) is 3.26. The van der Waals surface area contributed by atoms with Crippen LogP contribution in [0.5, 0.6) is 0 Å². The molecule has 2 heteroatoms. The second-order valence-electron chi connectivity index (χ2n) is 5.63. The lowest BCUT2D eigenvalue weighted by atomic mass is 9.84. The van der Waals surface area contributed by atoms with Gasteiger partial charge in [0, 0.05) is 19.0 Å². The Hall–Kier alpha value is -1.31. The fraction of sp³-hybridized carbons (Fsp3) is 0.562. The molecule has 100 valence electrons. The van der Waals surface area contributed by atoms with Gasteiger partial charge in [0.25, 0.3) is 0 Å². The van der Waals surface area contributed by atoms with Gasteiger partial charge in [-0.25, -0.2) is 0 Å². The van der Waals surface area contributed by atoms with Crippen molar-refractivity contribution in [2.24, 2.45) is 5.41 Å². The van der Waals surface area contributed by atoms with Crippen molar-refractivity contribution in [1.82, 2.24) is 4.90 Å². The van der Waals surface area contributed by atoms with Crippen LogP contribution in [0.25, 0.3) is 0 Å². The van der Waals surface area contributed by atoms with E-state index in [-0.39, 0.29) is 11.3 Å². The molecule has 0 saturated carbocycles. The molecule has 1 rings (SSSR count). The maximum Gasteiger partial charge on any atom is 0.228 e. The van der Waals surface area contributed by atoms with Gasteiger partial charge in [0.2, 0.25) is 5.91 Å². The molecule has 0 saturated heterocycles. The summed E-state index contributed by atoms with van der Waals surface area (Å²) in [5, 5.41) is 0. The minimum atomic E-state index is -0.330. The Labute approximate surface area is 111 Å². The van der Waals surface area contributed by atoms with Crippen LogP contribution in [0.15, 0.2) is 30.3 Å². The third kappa shape index (κ3) is 4.17. The number of amides is 1. The topological polar surface area (TPSA) is 20.3 Å². The number of rotatable bonds is 6. The predicted octanol–water partition coefficient (Wildman–Crippen LogP) is 3.51. The zero-order valence-corrected chi connectivity index (χ0v) is 12.1. The van der Waals surface area contributed by atoms with Gasteiger partial charge in [0.15, 0.2) is 0 Å². The minimum absolute atomic E-state index is 0.236. The smallest absolute Gasteiger partial charge is 0.228 e. The zero-order chi connectivity index (χ0) is 13.6. The van der Waals surface area contributed by atoms with E-state index in [4.69, 9.17) is 0 Å². The Bertz CT molecular complexity index is 370. The number of hydrogen-bond acceptors (Lipinski definition) is 1. The van der Waals surface area contributed by atoms with Gasteiger partial charge >= 0.3 is 0 Å². The van der Waals surface area contributed by atoms with Crippen LogP contribution in [-0.2, 0) is 11.2 Å². The molecule has 1 aromatic rings. The fourth-order valence-corrected chi connectivity index (χ4v) is 2.20. The normalized spacial score (nSPS) is 11.3. The summed E-state index contributed by atoms with van der Waals surface area (Å²) >= 11 is 0. The molecule has 0 heterocycles. The highest BCUT2D eigenvalue weighted by Gasteiger charge is 2.30. The molecule has 0 spiro atoms. The van der Waals surface area contributed by atoms with Gasteiger partial charge in [-0.05, 0) is 18.4 Å². The van der Waals surface area contributed by atoms with E-state index in [9.17, 15) is 4.79 Å². The molecule has 0 aliphatic heterocycles. The van der Waals surface area contributed by atoms with Crippen LogP contribution in [0.4, 0.5) is 0 Å². The van der Waals surface area contributed by atoms with Crippen LogP contribution in [-0.4, -0.2) is 24.4 Å². The maximum atomic E-state index is 12.4. The quantitative estimate of drug-likeness (QED) is 0.753. The SMILES string of the molecule is CCCCN(C)C(=O)C(C)(C)Cc1ccccc1. The summed E-state index contributed by atoms with van der Waals surface area (Å²) in [5.74, 6) is 0.236. The van der Waals surface area contributed by atoms with Crippen molar-refractivity contribution in [1.29, 1.82) is 0 Å². The van der Waals surface area contributed by atoms with E-state index >= 15 is 0 Å². The Morgan fingerprint density at radius 1 is 1.22 bits per heavy atom. The van der Waals surface area contributed by atoms with E-state index in [0.29, 0.717) is 0 Å². The lowest BCUT2D eigenvalue weighted by Crippen LogP contribution is -2.40. The van der Waals surface area contributed by atoms with Gasteiger partial charge in [-0.2, -0.15) is 0 Å². The predicted molar refractivity (Wildman–Crippen MR) is 76.5 cm³/mol. The van der Waals surface area contributed by atoms with E-state index < -0.39 is 0 Å². The molecular weight excluding hydrogens is 222 g/mol. The second kappa shape index (κ2) is 6.58. The highest BCUT2D eigenvalue weighted by molar-refractivity contribution is 5.82. The summed E-state index contributed by atoms with van der Waals surface area (Å²) in [6.45, 7) is 7.07. The zero-order valence-electron chi connectivity index (χ0n) is 12.1. The number of carbonyl (C=O) groups excluding carboxylic acids is 1. The van der Waals surface area contributed by atoms with Gasteiger partial charge in [-0.1, -0.05) is 57.5 Å². The van der Waals surface area contributed by atoms with Crippen LogP contribution in [0.3, 0.4) is 0 Å². The molecule has 18 heavy (non-hydrogen) atoms. The summed E-state index contributed by atoms with van der Waals surface area (Å²) in [6.07, 6.45) is 2.99. The first-order valence-corrected chi connectivity index (χ1v) is 6.77. The Morgan fingerprint density at radius 3 is 2.39 bits per heavy atom. The molecule has 0 atom stereocenters. The van der Waals surface area contributed by atoms with Crippen molar-refractivity contribution in [3.63, 3.8) is 0 Å². The van der Waals surface area contributed by atoms with Gasteiger partial charge in [-0.3, -0.25) is 4.79 Å². The number of carbonyl (C=O) groups is 1. The summed E-state index contributed by atoms with van der Waals surface area (Å²) in [6, 6.07) is 10.2. The first kappa shape index (κ1) is 14.7. The molecule has 0 N–H and O–H groups in total. The molecule has 2 nitrogen and oxygen atoms in total. The highest BCUT2D eigenvalue weighted by Crippen LogP contribution is 2.24. The van der Waals surface area contributed by atoms with Crippen molar-refractivity contribution in [2.75, 3.05) is 13.6 Å². The molecule has 0 bridgehead atoms. The van der Waals surface area contributed by atoms with E-state index in [2.05, 4.69) is 19.1 Å². The lowest BCUT2D eigenvalue weighted by Gasteiger charge is -2.29. The highest BCUT2D eigenvalue weighted by atomic mass is 16.2. The van der Waals surface area contributed by atoms with Crippen molar-refractivity contribution in [3.05, 3.63) is 35.9 Å². The largest absolute Gasteiger partial charge is 0.345 e. The van der Waals surface area contributed by atoms with E-state index in [1.165, 1.54) is 5.56 Å². The number of benzene rings is 1. The second-order valence-corrected chi connectivity index (χ2v) is 5.63. The molecule has 1 aromatic carbocycles. The van der Waals surface area contributed by atoms with E-state index in [0.717, 1.165) is 25.8 Å². The average Bonchev–Trinajstić information content (AvgIpc) is 2.35. The first-order chi connectivity index (χ1) is 8.47. The third-order valence-electron chi connectivity index (χ3n) is 3.26. The number of hydrogen-bond donors (Lipinski definition) is 0. The summed E-state index contributed by atoms with van der Waals surface area (Å²) < 4.78 is 0. The van der Waals surface area contributed by atoms with Gasteiger partial charge in [0.05, 0.1) is 0 Å². The van der Waals surface area contributed by atoms with Crippen molar-refractivity contribution in [3.8, 4) is 0 Å². The Kier molecular flexibility index (Phi) is 5.39. The van der Waals surface area contributed by atoms with E-state index in [1.54, 1.807) is 0 Å². The summed E-state index contributed by atoms with van der Waals surface area (Å²) in [5.41, 5.74) is 0.892. The van der Waals surface area contributed by atoms with Crippen molar-refractivity contribution >= 4 is 5.91 Å². The van der Waals surface area contributed by atoms with Gasteiger partial charge < -0.3 is 4.90 Å². The van der Waals surface area contributed by atoms with Crippen LogP contribution in [0.1, 0.15) is 39.2 Å². The Balaban J connectivity index is 2.65.